The van der Waals surface area contributed by atoms with Crippen LogP contribution in [-0.4, -0.2) is 14.7 Å². The van der Waals surface area contributed by atoms with E-state index in [9.17, 15) is 23.5 Å². The van der Waals surface area contributed by atoms with Crippen LogP contribution in [0.15, 0.2) is 0 Å². The van der Waals surface area contributed by atoms with Crippen molar-refractivity contribution in [1.29, 1.82) is 0 Å². The Bertz CT molecular complexity index is 281. The molecule has 15 heteroatoms. The average Bonchev–Trinajstić information content (AvgIpc) is 1.43. The first-order chi connectivity index (χ1) is 5.41. The minimum Gasteiger partial charge on any atom is -0.756 e. The average molecular weight is 302 g/mol. The van der Waals surface area contributed by atoms with E-state index in [-0.39, 0.29) is 59.1 Å². The van der Waals surface area contributed by atoms with E-state index in [1.807, 2.05) is 0 Å². The van der Waals surface area contributed by atoms with Crippen LogP contribution in [0.5, 0.6) is 0 Å². The van der Waals surface area contributed by atoms with E-state index in [4.69, 9.17) is 14.7 Å². The maximum absolute atomic E-state index is 10.3. The van der Waals surface area contributed by atoms with E-state index in [1.54, 1.807) is 0 Å². The number of rotatable bonds is 4. The molecule has 0 aromatic heterocycles. The van der Waals surface area contributed by atoms with Gasteiger partial charge in [-0.25, -0.2) is 13.2 Å². The number of hydrogen-bond donors (Lipinski definition) is 3. The van der Waals surface area contributed by atoms with Crippen LogP contribution in [0, 0.1) is 0 Å². The van der Waals surface area contributed by atoms with Gasteiger partial charge in [-0.2, -0.15) is 0 Å². The molecule has 0 rings (SSSR count). The summed E-state index contributed by atoms with van der Waals surface area (Å²) in [5.74, 6) is 0. The number of phosphoric acid groups is 3. The van der Waals surface area contributed by atoms with Gasteiger partial charge in [-0.3, -0.25) is 9.13 Å². The van der Waals surface area contributed by atoms with Gasteiger partial charge in [-0.15, -0.1) is 0 Å². The fourth-order valence-corrected chi connectivity index (χ4v) is 2.75. The fraction of sp³-hybridized carbons (Fsp3) is 0. The third-order valence-electron chi connectivity index (χ3n) is 0.413. The quantitative estimate of drug-likeness (QED) is 0.333. The van der Waals surface area contributed by atoms with Crippen molar-refractivity contribution in [3.63, 3.8) is 0 Å². The molecule has 2 unspecified atom stereocenters. The van der Waals surface area contributed by atoms with E-state index in [0.717, 1.165) is 0 Å². The zero-order valence-electron chi connectivity index (χ0n) is 7.54. The molecule has 0 saturated heterocycles. The second-order valence-corrected chi connectivity index (χ2v) is 5.69. The van der Waals surface area contributed by atoms with Gasteiger partial charge in [0.15, 0.2) is 0 Å². The summed E-state index contributed by atoms with van der Waals surface area (Å²) in [5, 5.41) is 0. The minimum atomic E-state index is -5.63. The van der Waals surface area contributed by atoms with Crippen LogP contribution in [0.4, 0.5) is 0 Å². The van der Waals surface area contributed by atoms with E-state index in [1.165, 1.54) is 0 Å². The molecule has 2 atom stereocenters. The van der Waals surface area contributed by atoms with Crippen LogP contribution in [-0.2, 0) is 22.3 Å². The van der Waals surface area contributed by atoms with Crippen LogP contribution < -0.4 is 68.9 Å². The Balaban J connectivity index is -0.000000720. The summed E-state index contributed by atoms with van der Waals surface area (Å²) in [4.78, 5) is 43.5. The van der Waals surface area contributed by atoms with Gasteiger partial charge in [-0.1, -0.05) is 0 Å². The first kappa shape index (κ1) is 22.6. The van der Waals surface area contributed by atoms with Crippen molar-refractivity contribution >= 4 is 23.5 Å². The molecule has 0 radical (unpaired) electrons. The van der Waals surface area contributed by atoms with Gasteiger partial charge in [0.2, 0.25) is 0 Å². The monoisotopic (exact) mass is 302 g/mol. The second kappa shape index (κ2) is 7.76. The van der Waals surface area contributed by atoms with Crippen molar-refractivity contribution < 1.29 is 106 Å². The largest absolute Gasteiger partial charge is 1.00 e. The van der Waals surface area contributed by atoms with Crippen molar-refractivity contribution in [3.05, 3.63) is 0 Å². The van der Waals surface area contributed by atoms with Crippen LogP contribution in [0.3, 0.4) is 0 Å². The Morgan fingerprint density at radius 3 is 1.13 bits per heavy atom. The summed E-state index contributed by atoms with van der Waals surface area (Å²) in [6, 6.07) is 0. The Labute approximate surface area is 128 Å². The predicted molar refractivity (Wildman–Crippen MR) is 31.6 cm³/mol. The minimum absolute atomic E-state index is 0. The third-order valence-corrected chi connectivity index (χ3v) is 3.71. The zero-order valence-corrected chi connectivity index (χ0v) is 14.2. The molecule has 0 heterocycles. The maximum atomic E-state index is 10.3. The van der Waals surface area contributed by atoms with E-state index in [0.29, 0.717) is 0 Å². The van der Waals surface area contributed by atoms with Crippen LogP contribution in [0.25, 0.3) is 0 Å². The van der Waals surface area contributed by atoms with Crippen molar-refractivity contribution in [2.24, 2.45) is 0 Å². The molecular formula is H3Na2O10P3. The molecule has 0 aliphatic carbocycles. The van der Waals surface area contributed by atoms with Crippen molar-refractivity contribution in [2.45, 2.75) is 0 Å². The maximum Gasteiger partial charge on any atom is 1.00 e. The Morgan fingerprint density at radius 2 is 1.00 bits per heavy atom. The van der Waals surface area contributed by atoms with Gasteiger partial charge in [0.05, 0.1) is 0 Å². The summed E-state index contributed by atoms with van der Waals surface area (Å²) >= 11 is 0. The molecule has 0 fully saturated rings. The molecule has 15 heavy (non-hydrogen) atoms. The van der Waals surface area contributed by atoms with Crippen LogP contribution in [0.2, 0.25) is 0 Å². The molecule has 0 aliphatic heterocycles. The summed E-state index contributed by atoms with van der Waals surface area (Å²) in [6.45, 7) is 0. The molecule has 0 spiro atoms. The normalized spacial score (nSPS) is 22.2. The zero-order chi connectivity index (χ0) is 10.9. The number of hydrogen-bond acceptors (Lipinski definition) is 7. The smallest absolute Gasteiger partial charge is 0.756 e. The second-order valence-electron chi connectivity index (χ2n) is 1.57. The van der Waals surface area contributed by atoms with Gasteiger partial charge < -0.3 is 24.5 Å². The first-order valence-corrected chi connectivity index (χ1v) is 6.73. The van der Waals surface area contributed by atoms with Gasteiger partial charge in [-0.05, 0) is 0 Å². The van der Waals surface area contributed by atoms with Crippen molar-refractivity contribution in [3.8, 4) is 0 Å². The van der Waals surface area contributed by atoms with Gasteiger partial charge in [0.1, 0.15) is 0 Å². The summed E-state index contributed by atoms with van der Waals surface area (Å²) < 4.78 is 35.7. The third kappa shape index (κ3) is 16.4. The predicted octanol–water partition coefficient (Wildman–Crippen LogP) is -7.95. The molecule has 80 valence electrons. The molecular weight excluding hydrogens is 299 g/mol. The van der Waals surface area contributed by atoms with Crippen molar-refractivity contribution in [2.75, 3.05) is 0 Å². The van der Waals surface area contributed by atoms with Crippen molar-refractivity contribution in [1.82, 2.24) is 0 Å². The Morgan fingerprint density at radius 1 is 0.800 bits per heavy atom. The molecule has 0 saturated carbocycles. The van der Waals surface area contributed by atoms with Crippen LogP contribution >= 0.6 is 23.5 Å². The molecule has 3 N–H and O–H groups in total. The summed E-state index contributed by atoms with van der Waals surface area (Å²) in [7, 11) is -16.9. The Kier molecular flexibility index (Phi) is 11.7. The van der Waals surface area contributed by atoms with E-state index < -0.39 is 23.5 Å². The van der Waals surface area contributed by atoms with E-state index in [2.05, 4.69) is 8.62 Å². The van der Waals surface area contributed by atoms with Crippen LogP contribution in [0.1, 0.15) is 0 Å². The molecule has 0 aromatic rings. The SMILES string of the molecule is O=P([O-])(O)OP(=O)(O)OP(=O)([O-])O.[Na+].[Na+]. The first-order valence-electron chi connectivity index (χ1n) is 2.24. The fourth-order valence-electron chi connectivity index (χ4n) is 0.276. The van der Waals surface area contributed by atoms with Gasteiger partial charge >= 0.3 is 66.9 Å². The van der Waals surface area contributed by atoms with E-state index >= 15 is 0 Å². The summed E-state index contributed by atoms with van der Waals surface area (Å²) in [6.07, 6.45) is 0. The molecule has 0 amide bonds. The molecule has 10 nitrogen and oxygen atoms in total. The van der Waals surface area contributed by atoms with Gasteiger partial charge in [0.25, 0.3) is 15.6 Å². The molecule has 0 aliphatic rings. The molecule has 0 bridgehead atoms. The van der Waals surface area contributed by atoms with Gasteiger partial charge in [0, 0.05) is 0 Å². The Hall–Kier alpha value is 2.41. The summed E-state index contributed by atoms with van der Waals surface area (Å²) in [5.41, 5.74) is 0. The standard InChI is InChI=1S/2Na.H5O10P3/c;;1-11(2,3)9-13(7,8)10-12(4,5)6/h;;(H,7,8)(H2,1,2,3)(H2,4,5,6)/q2*+1;/p-2. The molecule has 0 aromatic carbocycles. The topological polar surface area (TPSA) is 176 Å².